The van der Waals surface area contributed by atoms with E-state index in [1.54, 1.807) is 13.1 Å². The summed E-state index contributed by atoms with van der Waals surface area (Å²) in [7, 11) is 3.69. The lowest BCUT2D eigenvalue weighted by molar-refractivity contribution is -0.138. The maximum absolute atomic E-state index is 13.2. The molecule has 0 bridgehead atoms. The minimum absolute atomic E-state index is 0.0659. The Labute approximate surface area is 208 Å². The summed E-state index contributed by atoms with van der Waals surface area (Å²) in [6.45, 7) is -0.145. The number of hydrogen-bond donors (Lipinski definition) is 2. The average molecular weight is 499 g/mol. The molecule has 2 N–H and O–H groups in total. The van der Waals surface area contributed by atoms with E-state index in [1.165, 1.54) is 12.1 Å². The van der Waals surface area contributed by atoms with Crippen LogP contribution in [-0.2, 0) is 17.5 Å². The van der Waals surface area contributed by atoms with Crippen molar-refractivity contribution in [1.82, 2.24) is 20.3 Å². The number of nitrogens with zero attached hydrogens (tertiary/aromatic N) is 4. The van der Waals surface area contributed by atoms with Gasteiger partial charge in [-0.25, -0.2) is 0 Å². The van der Waals surface area contributed by atoms with Crippen molar-refractivity contribution in [2.24, 2.45) is 5.92 Å². The molecule has 0 saturated heterocycles. The van der Waals surface area contributed by atoms with Crippen molar-refractivity contribution in [3.8, 4) is 11.4 Å². The number of aromatic nitrogens is 3. The van der Waals surface area contributed by atoms with Crippen LogP contribution in [0.5, 0.6) is 0 Å². The van der Waals surface area contributed by atoms with Gasteiger partial charge in [0.05, 0.1) is 5.56 Å². The van der Waals surface area contributed by atoms with Crippen LogP contribution >= 0.6 is 0 Å². The van der Waals surface area contributed by atoms with E-state index >= 15 is 0 Å². The molecule has 0 unspecified atom stereocenters. The van der Waals surface area contributed by atoms with Gasteiger partial charge < -0.3 is 15.5 Å². The van der Waals surface area contributed by atoms with E-state index in [2.05, 4.69) is 25.6 Å². The number of halogens is 3. The Kier molecular flexibility index (Phi) is 7.71. The molecule has 1 saturated carbocycles. The highest BCUT2D eigenvalue weighted by Crippen LogP contribution is 2.33. The maximum Gasteiger partial charge on any atom is 0.416 e. The molecule has 1 amide bonds. The molecule has 1 heterocycles. The number of anilines is 2. The van der Waals surface area contributed by atoms with Gasteiger partial charge >= 0.3 is 6.18 Å². The fourth-order valence-corrected chi connectivity index (χ4v) is 4.52. The summed E-state index contributed by atoms with van der Waals surface area (Å²) in [4.78, 5) is 28.4. The number of benzene rings is 2. The van der Waals surface area contributed by atoms with Gasteiger partial charge in [-0.15, -0.1) is 0 Å². The monoisotopic (exact) mass is 498 g/mol. The first-order valence-electron chi connectivity index (χ1n) is 11.9. The first-order valence-corrected chi connectivity index (χ1v) is 11.9. The summed E-state index contributed by atoms with van der Waals surface area (Å²) in [6, 6.07) is 15.1. The zero-order valence-corrected chi connectivity index (χ0v) is 20.2. The maximum atomic E-state index is 13.2. The predicted octanol–water partition coefficient (Wildman–Crippen LogP) is 4.91. The molecule has 0 aliphatic heterocycles. The minimum Gasteiger partial charge on any atom is -0.357 e. The van der Waals surface area contributed by atoms with Crippen molar-refractivity contribution in [2.45, 2.75) is 44.4 Å². The third-order valence-corrected chi connectivity index (χ3v) is 6.59. The molecule has 10 heteroatoms. The van der Waals surface area contributed by atoms with Crippen LogP contribution in [0.3, 0.4) is 0 Å². The number of rotatable bonds is 7. The van der Waals surface area contributed by atoms with Gasteiger partial charge in [0.2, 0.25) is 17.8 Å². The SMILES string of the molecule is CNc1nc(-c2ccccc2)nc(N(C)[C@H]2CC[C@@H](C(=O)NCc3ccccc3C(F)(F)F)CC2)n1. The van der Waals surface area contributed by atoms with E-state index in [4.69, 9.17) is 0 Å². The van der Waals surface area contributed by atoms with Crippen molar-refractivity contribution in [3.05, 3.63) is 65.7 Å². The van der Waals surface area contributed by atoms with Crippen LogP contribution in [0.1, 0.15) is 36.8 Å². The molecule has 1 aromatic heterocycles. The van der Waals surface area contributed by atoms with Crippen LogP contribution < -0.4 is 15.5 Å². The van der Waals surface area contributed by atoms with E-state index in [9.17, 15) is 18.0 Å². The highest BCUT2D eigenvalue weighted by atomic mass is 19.4. The first-order chi connectivity index (χ1) is 17.3. The quantitative estimate of drug-likeness (QED) is 0.482. The smallest absolute Gasteiger partial charge is 0.357 e. The molecular weight excluding hydrogens is 469 g/mol. The number of amides is 1. The van der Waals surface area contributed by atoms with E-state index < -0.39 is 11.7 Å². The zero-order chi connectivity index (χ0) is 25.7. The summed E-state index contributed by atoms with van der Waals surface area (Å²) in [5.41, 5.74) is 0.235. The van der Waals surface area contributed by atoms with Gasteiger partial charge in [0.25, 0.3) is 0 Å². The van der Waals surface area contributed by atoms with Crippen LogP contribution in [0.25, 0.3) is 11.4 Å². The fourth-order valence-electron chi connectivity index (χ4n) is 4.52. The predicted molar refractivity (Wildman–Crippen MR) is 132 cm³/mol. The average Bonchev–Trinajstić information content (AvgIpc) is 2.91. The van der Waals surface area contributed by atoms with Crippen LogP contribution in [-0.4, -0.2) is 41.0 Å². The Morgan fingerprint density at radius 2 is 1.64 bits per heavy atom. The molecular formula is C26H29F3N6O. The summed E-state index contributed by atoms with van der Waals surface area (Å²) < 4.78 is 39.7. The highest BCUT2D eigenvalue weighted by Gasteiger charge is 2.33. The molecule has 7 nitrogen and oxygen atoms in total. The van der Waals surface area contributed by atoms with Crippen molar-refractivity contribution in [1.29, 1.82) is 0 Å². The van der Waals surface area contributed by atoms with E-state index in [0.717, 1.165) is 24.5 Å². The molecule has 4 rings (SSSR count). The third kappa shape index (κ3) is 5.92. The lowest BCUT2D eigenvalue weighted by Gasteiger charge is -2.34. The molecule has 1 aliphatic rings. The Bertz CT molecular complexity index is 1180. The highest BCUT2D eigenvalue weighted by molar-refractivity contribution is 5.78. The summed E-state index contributed by atoms with van der Waals surface area (Å²) in [6.07, 6.45) is -1.69. The number of carbonyl (C=O) groups is 1. The van der Waals surface area contributed by atoms with E-state index in [-0.39, 0.29) is 30.0 Å². The van der Waals surface area contributed by atoms with Crippen LogP contribution in [0.2, 0.25) is 0 Å². The van der Waals surface area contributed by atoms with Crippen molar-refractivity contribution in [2.75, 3.05) is 24.3 Å². The number of nitrogens with one attached hydrogen (secondary N) is 2. The van der Waals surface area contributed by atoms with Gasteiger partial charge in [-0.05, 0) is 37.3 Å². The summed E-state index contributed by atoms with van der Waals surface area (Å²) in [5.74, 6) is 1.14. The van der Waals surface area contributed by atoms with Crippen LogP contribution in [0.4, 0.5) is 25.1 Å². The zero-order valence-electron chi connectivity index (χ0n) is 20.2. The second-order valence-corrected chi connectivity index (χ2v) is 8.89. The van der Waals surface area contributed by atoms with Gasteiger partial charge in [-0.3, -0.25) is 4.79 Å². The normalized spacial score (nSPS) is 17.9. The van der Waals surface area contributed by atoms with E-state index in [1.807, 2.05) is 42.3 Å². The molecule has 0 radical (unpaired) electrons. The van der Waals surface area contributed by atoms with Gasteiger partial charge in [0.1, 0.15) is 0 Å². The molecule has 1 fully saturated rings. The summed E-state index contributed by atoms with van der Waals surface area (Å²) in [5, 5.41) is 5.69. The fraction of sp³-hybridized carbons (Fsp3) is 0.385. The van der Waals surface area contributed by atoms with Crippen LogP contribution in [0, 0.1) is 5.92 Å². The number of hydrogen-bond acceptors (Lipinski definition) is 6. The second-order valence-electron chi connectivity index (χ2n) is 8.89. The molecule has 0 atom stereocenters. The van der Waals surface area contributed by atoms with Gasteiger partial charge in [-0.1, -0.05) is 48.5 Å². The Morgan fingerprint density at radius 3 is 2.31 bits per heavy atom. The molecule has 3 aromatic rings. The van der Waals surface area contributed by atoms with Crippen LogP contribution in [0.15, 0.2) is 54.6 Å². The molecule has 36 heavy (non-hydrogen) atoms. The van der Waals surface area contributed by atoms with Gasteiger partial charge in [0, 0.05) is 38.2 Å². The Balaban J connectivity index is 1.37. The van der Waals surface area contributed by atoms with Crippen molar-refractivity contribution in [3.63, 3.8) is 0 Å². The molecule has 0 spiro atoms. The van der Waals surface area contributed by atoms with Gasteiger partial charge in [0.15, 0.2) is 5.82 Å². The molecule has 1 aliphatic carbocycles. The second kappa shape index (κ2) is 10.9. The summed E-state index contributed by atoms with van der Waals surface area (Å²) >= 11 is 0. The van der Waals surface area contributed by atoms with Crippen molar-refractivity contribution < 1.29 is 18.0 Å². The van der Waals surface area contributed by atoms with E-state index in [0.29, 0.717) is 30.6 Å². The largest absolute Gasteiger partial charge is 0.416 e. The number of carbonyl (C=O) groups excluding carboxylic acids is 1. The first kappa shape index (κ1) is 25.4. The Morgan fingerprint density at radius 1 is 0.972 bits per heavy atom. The molecule has 2 aromatic carbocycles. The molecule has 190 valence electrons. The lowest BCUT2D eigenvalue weighted by atomic mass is 9.85. The minimum atomic E-state index is -4.45. The Hall–Kier alpha value is -3.69. The van der Waals surface area contributed by atoms with Crippen molar-refractivity contribution >= 4 is 17.8 Å². The lowest BCUT2D eigenvalue weighted by Crippen LogP contribution is -2.40. The number of alkyl halides is 3. The topological polar surface area (TPSA) is 83.0 Å². The van der Waals surface area contributed by atoms with Gasteiger partial charge in [-0.2, -0.15) is 28.1 Å². The standard InChI is InChI=1S/C26H29F3N6O/c1-30-24-32-22(17-8-4-3-5-9-17)33-25(34-24)35(2)20-14-12-18(13-15-20)23(36)31-16-19-10-6-7-11-21(19)26(27,28)29/h3-11,18,20H,12-16H2,1-2H3,(H,31,36)(H,30,32,33,34)/t18-,20+. The third-order valence-electron chi connectivity index (χ3n) is 6.59.